The third-order valence-corrected chi connectivity index (χ3v) is 5.33. The Labute approximate surface area is 120 Å². The van der Waals surface area contributed by atoms with Crippen molar-refractivity contribution >= 4 is 28.8 Å². The van der Waals surface area contributed by atoms with Gasteiger partial charge in [-0.15, -0.1) is 0 Å². The van der Waals surface area contributed by atoms with Gasteiger partial charge >= 0.3 is 20.5 Å². The van der Waals surface area contributed by atoms with Gasteiger partial charge in [0.2, 0.25) is 8.32 Å². The van der Waals surface area contributed by atoms with Crippen molar-refractivity contribution in [1.82, 2.24) is 0 Å². The summed E-state index contributed by atoms with van der Waals surface area (Å²) in [6.07, 6.45) is 0.906. The van der Waals surface area contributed by atoms with Crippen LogP contribution in [-0.2, 0) is 24.4 Å². The van der Waals surface area contributed by atoms with Gasteiger partial charge in [-0.25, -0.2) is 0 Å². The third-order valence-electron chi connectivity index (χ3n) is 1.62. The molecule has 0 N–H and O–H groups in total. The Bertz CT molecular complexity index is 657. The molecular weight excluding hydrogens is 324 g/mol. The summed E-state index contributed by atoms with van der Waals surface area (Å²) in [4.78, 5) is 0. The van der Waals surface area contributed by atoms with Gasteiger partial charge in [-0.1, -0.05) is 0 Å². The largest absolute Gasteiger partial charge is 0.438 e. The highest BCUT2D eigenvalue weighted by atomic mass is 32.3. The fourth-order valence-corrected chi connectivity index (χ4v) is 4.56. The van der Waals surface area contributed by atoms with Crippen molar-refractivity contribution in [1.29, 1.82) is 0 Å². The summed E-state index contributed by atoms with van der Waals surface area (Å²) in [6.45, 7) is 5.12. The number of benzene rings is 1. The van der Waals surface area contributed by atoms with Crippen LogP contribution in [0, 0.1) is 0 Å². The maximum absolute atomic E-state index is 11.6. The van der Waals surface area contributed by atoms with Crippen molar-refractivity contribution < 1.29 is 29.1 Å². The second-order valence-corrected chi connectivity index (χ2v) is 12.4. The van der Waals surface area contributed by atoms with Crippen LogP contribution >= 0.6 is 0 Å². The molecule has 0 atom stereocenters. The predicted molar refractivity (Wildman–Crippen MR) is 75.9 cm³/mol. The zero-order valence-corrected chi connectivity index (χ0v) is 14.1. The zero-order valence-electron chi connectivity index (χ0n) is 11.5. The number of hydrogen-bond acceptors (Lipinski definition) is 7. The highest BCUT2D eigenvalue weighted by molar-refractivity contribution is 7.86. The van der Waals surface area contributed by atoms with E-state index in [1.165, 1.54) is 24.3 Å². The van der Waals surface area contributed by atoms with Crippen LogP contribution in [0.1, 0.15) is 0 Å². The van der Waals surface area contributed by atoms with Gasteiger partial charge in [-0.3, -0.25) is 3.87 Å². The first-order valence-electron chi connectivity index (χ1n) is 5.51. The lowest BCUT2D eigenvalue weighted by atomic mass is 10.3. The first kappa shape index (κ1) is 16.9. The first-order valence-corrected chi connectivity index (χ1v) is 12.1. The van der Waals surface area contributed by atoms with E-state index in [0.717, 1.165) is 6.26 Å². The van der Waals surface area contributed by atoms with E-state index in [4.69, 9.17) is 8.06 Å². The summed E-state index contributed by atoms with van der Waals surface area (Å²) in [5.41, 5.74) is 0. The van der Waals surface area contributed by atoms with Crippen molar-refractivity contribution in [2.24, 2.45) is 0 Å². The van der Waals surface area contributed by atoms with Crippen molar-refractivity contribution in [2.75, 3.05) is 6.26 Å². The minimum absolute atomic E-state index is 0.00380. The molecule has 114 valence electrons. The van der Waals surface area contributed by atoms with Gasteiger partial charge in [0.1, 0.15) is 11.5 Å². The summed E-state index contributed by atoms with van der Waals surface area (Å²) in [5, 5.41) is 0. The summed E-state index contributed by atoms with van der Waals surface area (Å²) in [6, 6.07) is 5.10. The molecule has 0 radical (unpaired) electrons. The van der Waals surface area contributed by atoms with Gasteiger partial charge in [-0.05, 0) is 43.9 Å². The monoisotopic (exact) mass is 340 g/mol. The molecule has 0 unspecified atom stereocenters. The van der Waals surface area contributed by atoms with Gasteiger partial charge in [0.25, 0.3) is 0 Å². The lowest BCUT2D eigenvalue weighted by Gasteiger charge is -2.16. The maximum atomic E-state index is 11.6. The molecule has 1 aromatic rings. The molecule has 0 aliphatic rings. The molecule has 1 aromatic carbocycles. The zero-order chi connectivity index (χ0) is 15.6. The van der Waals surface area contributed by atoms with Crippen LogP contribution in [-0.4, -0.2) is 31.4 Å². The van der Waals surface area contributed by atoms with Crippen LogP contribution in [0.15, 0.2) is 24.3 Å². The normalized spacial score (nSPS) is 13.0. The molecule has 10 heteroatoms. The molecular formula is C10H16O7S2Si. The van der Waals surface area contributed by atoms with Crippen molar-refractivity contribution in [3.05, 3.63) is 24.3 Å². The number of rotatable bonds is 6. The van der Waals surface area contributed by atoms with Crippen LogP contribution in [0.25, 0.3) is 0 Å². The van der Waals surface area contributed by atoms with E-state index < -0.39 is 28.8 Å². The average molecular weight is 340 g/mol. The Balaban J connectivity index is 2.80. The molecule has 1 rings (SSSR count). The Hall–Kier alpha value is -1.10. The van der Waals surface area contributed by atoms with Gasteiger partial charge in [0.05, 0.1) is 6.26 Å². The van der Waals surface area contributed by atoms with E-state index in [2.05, 4.69) is 4.18 Å². The van der Waals surface area contributed by atoms with Gasteiger partial charge in [-0.2, -0.15) is 16.8 Å². The van der Waals surface area contributed by atoms with Crippen molar-refractivity contribution in [3.63, 3.8) is 0 Å². The highest BCUT2D eigenvalue weighted by Gasteiger charge is 2.26. The maximum Gasteiger partial charge on any atom is 0.438 e. The summed E-state index contributed by atoms with van der Waals surface area (Å²) < 4.78 is 59.3. The van der Waals surface area contributed by atoms with Crippen molar-refractivity contribution in [2.45, 2.75) is 19.6 Å². The van der Waals surface area contributed by atoms with Crippen LogP contribution in [0.3, 0.4) is 0 Å². The average Bonchev–Trinajstić information content (AvgIpc) is 2.14. The molecule has 0 saturated carbocycles. The molecule has 7 nitrogen and oxygen atoms in total. The van der Waals surface area contributed by atoms with Gasteiger partial charge in [0, 0.05) is 0 Å². The summed E-state index contributed by atoms with van der Waals surface area (Å²) in [7, 11) is -10.1. The minimum atomic E-state index is -4.14. The van der Waals surface area contributed by atoms with Gasteiger partial charge < -0.3 is 8.37 Å². The third kappa shape index (κ3) is 6.89. The van der Waals surface area contributed by atoms with Crippen LogP contribution in [0.2, 0.25) is 19.6 Å². The highest BCUT2D eigenvalue weighted by Crippen LogP contribution is 2.21. The van der Waals surface area contributed by atoms with Crippen LogP contribution < -0.4 is 8.37 Å². The molecule has 0 aliphatic heterocycles. The topological polar surface area (TPSA) is 96.0 Å². The fraction of sp³-hybridized carbons (Fsp3) is 0.400. The second-order valence-electron chi connectivity index (χ2n) is 4.95. The molecule has 0 bridgehead atoms. The van der Waals surface area contributed by atoms with E-state index in [1.807, 2.05) is 0 Å². The minimum Gasteiger partial charge on any atom is -0.383 e. The Morgan fingerprint density at radius 1 is 0.850 bits per heavy atom. The Morgan fingerprint density at radius 2 is 1.25 bits per heavy atom. The van der Waals surface area contributed by atoms with Crippen LogP contribution in [0.5, 0.6) is 11.5 Å². The summed E-state index contributed by atoms with van der Waals surface area (Å²) in [5.74, 6) is 0.0625. The van der Waals surface area contributed by atoms with E-state index in [0.29, 0.717) is 0 Å². The molecule has 0 aromatic heterocycles. The fourth-order valence-electron chi connectivity index (χ4n) is 1.17. The SMILES string of the molecule is C[Si](C)(C)OS(=O)(=O)Oc1ccc(OS(C)(=O)=O)cc1. The Kier molecular flexibility index (Phi) is 4.84. The van der Waals surface area contributed by atoms with E-state index in [1.54, 1.807) is 19.6 Å². The summed E-state index contributed by atoms with van der Waals surface area (Å²) >= 11 is 0. The molecule has 0 amide bonds. The lowest BCUT2D eigenvalue weighted by molar-refractivity contribution is 0.391. The molecule has 0 fully saturated rings. The lowest BCUT2D eigenvalue weighted by Crippen LogP contribution is -2.31. The predicted octanol–water partition coefficient (Wildman–Crippen LogP) is 1.50. The van der Waals surface area contributed by atoms with E-state index in [9.17, 15) is 16.8 Å². The first-order chi connectivity index (χ1) is 8.86. The van der Waals surface area contributed by atoms with Gasteiger partial charge in [0.15, 0.2) is 0 Å². The second kappa shape index (κ2) is 5.72. The molecule has 0 spiro atoms. The molecule has 0 heterocycles. The number of hydrogen-bond donors (Lipinski definition) is 0. The van der Waals surface area contributed by atoms with E-state index >= 15 is 0 Å². The smallest absolute Gasteiger partial charge is 0.383 e. The van der Waals surface area contributed by atoms with Crippen LogP contribution in [0.4, 0.5) is 0 Å². The molecule has 0 aliphatic carbocycles. The van der Waals surface area contributed by atoms with E-state index in [-0.39, 0.29) is 11.5 Å². The standard InChI is InChI=1S/C10H16O7S2Si/c1-18(11,12)15-9-5-7-10(8-6-9)16-19(13,14)17-20(2,3)4/h5-8H,1-4H3. The Morgan fingerprint density at radius 3 is 1.60 bits per heavy atom. The van der Waals surface area contributed by atoms with Crippen molar-refractivity contribution in [3.8, 4) is 11.5 Å². The quantitative estimate of drug-likeness (QED) is 0.572. The molecule has 20 heavy (non-hydrogen) atoms. The molecule has 0 saturated heterocycles.